The van der Waals surface area contributed by atoms with Crippen molar-refractivity contribution in [2.75, 3.05) is 19.6 Å². The molecule has 1 heterocycles. The lowest BCUT2D eigenvalue weighted by atomic mass is 10.1. The maximum Gasteiger partial charge on any atom is 0.336 e. The summed E-state index contributed by atoms with van der Waals surface area (Å²) in [4.78, 5) is 11.3. The maximum atomic E-state index is 11.3. The summed E-state index contributed by atoms with van der Waals surface area (Å²) >= 11 is 5.62. The van der Waals surface area contributed by atoms with Crippen LogP contribution in [-0.2, 0) is 0 Å². The smallest absolute Gasteiger partial charge is 0.336 e. The molecule has 0 saturated heterocycles. The van der Waals surface area contributed by atoms with E-state index in [1.807, 2.05) is 13.0 Å². The minimum Gasteiger partial charge on any atom is -0.493 e. The molecule has 0 amide bonds. The normalized spacial score (nSPS) is 10.7. The van der Waals surface area contributed by atoms with Crippen molar-refractivity contribution in [1.29, 1.82) is 0 Å². The lowest BCUT2D eigenvalue weighted by molar-refractivity contribution is 0.295. The van der Waals surface area contributed by atoms with Crippen LogP contribution in [0.25, 0.3) is 11.0 Å². The van der Waals surface area contributed by atoms with Crippen LogP contribution in [0, 0.1) is 6.92 Å². The first-order chi connectivity index (χ1) is 9.15. The summed E-state index contributed by atoms with van der Waals surface area (Å²) in [6.45, 7) is 2.37. The number of aryl methyl sites for hydroxylation is 1. The van der Waals surface area contributed by atoms with Crippen LogP contribution < -0.4 is 15.1 Å². The van der Waals surface area contributed by atoms with Crippen molar-refractivity contribution in [3.05, 3.63) is 34.2 Å². The molecule has 0 aliphatic carbocycles. The predicted octanol–water partition coefficient (Wildman–Crippen LogP) is 3.12. The summed E-state index contributed by atoms with van der Waals surface area (Å²) in [5, 5.41) is 0.835. The Morgan fingerprint density at radius 2 is 2.05 bits per heavy atom. The summed E-state index contributed by atoms with van der Waals surface area (Å²) in [5.41, 5.74) is 0.963. The van der Waals surface area contributed by atoms with Crippen LogP contribution in [0.2, 0.25) is 0 Å². The summed E-state index contributed by atoms with van der Waals surface area (Å²) in [5.74, 6) is 1.71. The topological polar surface area (TPSA) is 48.7 Å². The van der Waals surface area contributed by atoms with Crippen molar-refractivity contribution in [2.45, 2.75) is 13.3 Å². The van der Waals surface area contributed by atoms with Crippen molar-refractivity contribution in [2.24, 2.45) is 0 Å². The van der Waals surface area contributed by atoms with Crippen LogP contribution >= 0.6 is 11.6 Å². The van der Waals surface area contributed by atoms with Crippen LogP contribution in [0.15, 0.2) is 27.4 Å². The Bertz CT molecular complexity index is 633. The van der Waals surface area contributed by atoms with Gasteiger partial charge < -0.3 is 13.9 Å². The molecule has 5 heteroatoms. The number of ether oxygens (including phenoxy) is 2. The summed E-state index contributed by atoms with van der Waals surface area (Å²) in [6.07, 6.45) is 0.756. The van der Waals surface area contributed by atoms with Gasteiger partial charge >= 0.3 is 5.63 Å². The van der Waals surface area contributed by atoms with Crippen LogP contribution in [0.4, 0.5) is 0 Å². The van der Waals surface area contributed by atoms with Crippen molar-refractivity contribution >= 4 is 22.6 Å². The van der Waals surface area contributed by atoms with Crippen molar-refractivity contribution in [3.63, 3.8) is 0 Å². The van der Waals surface area contributed by atoms with E-state index in [1.54, 1.807) is 13.2 Å². The first kappa shape index (κ1) is 13.7. The van der Waals surface area contributed by atoms with Crippen molar-refractivity contribution in [3.8, 4) is 11.5 Å². The van der Waals surface area contributed by atoms with Gasteiger partial charge in [0.1, 0.15) is 5.58 Å². The molecule has 2 aromatic rings. The standard InChI is InChI=1S/C14H15ClO4/c1-9-6-14(16)19-11-8-12(17-2)13(7-10(9)11)18-5-3-4-15/h6-8H,3-5H2,1-2H3. The van der Waals surface area contributed by atoms with E-state index in [0.29, 0.717) is 29.6 Å². The molecule has 2 rings (SSSR count). The highest BCUT2D eigenvalue weighted by molar-refractivity contribution is 6.17. The molecular weight excluding hydrogens is 268 g/mol. The molecule has 102 valence electrons. The Kier molecular flexibility index (Phi) is 4.32. The van der Waals surface area contributed by atoms with Gasteiger partial charge in [0, 0.05) is 23.4 Å². The molecule has 19 heavy (non-hydrogen) atoms. The Morgan fingerprint density at radius 3 is 2.74 bits per heavy atom. The number of fused-ring (bicyclic) bond motifs is 1. The molecule has 0 unspecified atom stereocenters. The molecule has 0 radical (unpaired) electrons. The number of methoxy groups -OCH3 is 1. The third-order valence-electron chi connectivity index (χ3n) is 2.77. The van der Waals surface area contributed by atoms with Gasteiger partial charge in [-0.3, -0.25) is 0 Å². The number of benzene rings is 1. The highest BCUT2D eigenvalue weighted by Crippen LogP contribution is 2.33. The van der Waals surface area contributed by atoms with E-state index >= 15 is 0 Å². The third kappa shape index (κ3) is 3.01. The van der Waals surface area contributed by atoms with Crippen LogP contribution in [0.3, 0.4) is 0 Å². The molecule has 0 aliphatic rings. The van der Waals surface area contributed by atoms with Gasteiger partial charge in [0.2, 0.25) is 0 Å². The van der Waals surface area contributed by atoms with Gasteiger partial charge in [0.05, 0.1) is 13.7 Å². The molecule has 1 aromatic carbocycles. The molecule has 0 saturated carbocycles. The average molecular weight is 283 g/mol. The zero-order valence-electron chi connectivity index (χ0n) is 10.9. The number of hydrogen-bond donors (Lipinski definition) is 0. The quantitative estimate of drug-likeness (QED) is 0.480. The monoisotopic (exact) mass is 282 g/mol. The van der Waals surface area contributed by atoms with E-state index in [0.717, 1.165) is 17.4 Å². The molecule has 4 nitrogen and oxygen atoms in total. The highest BCUT2D eigenvalue weighted by Gasteiger charge is 2.10. The van der Waals surface area contributed by atoms with E-state index < -0.39 is 0 Å². The lowest BCUT2D eigenvalue weighted by Crippen LogP contribution is -2.02. The molecule has 1 aromatic heterocycles. The Balaban J connectivity index is 2.48. The number of rotatable bonds is 5. The predicted molar refractivity (Wildman–Crippen MR) is 74.6 cm³/mol. The average Bonchev–Trinajstić information content (AvgIpc) is 2.38. The summed E-state index contributed by atoms with van der Waals surface area (Å²) < 4.78 is 16.0. The van der Waals surface area contributed by atoms with Gasteiger partial charge in [-0.2, -0.15) is 0 Å². The zero-order chi connectivity index (χ0) is 13.8. The van der Waals surface area contributed by atoms with Gasteiger partial charge in [-0.1, -0.05) is 0 Å². The van der Waals surface area contributed by atoms with Gasteiger partial charge in [0.25, 0.3) is 0 Å². The minimum atomic E-state index is -0.372. The highest BCUT2D eigenvalue weighted by atomic mass is 35.5. The third-order valence-corrected chi connectivity index (χ3v) is 3.04. The Hall–Kier alpha value is -1.68. The van der Waals surface area contributed by atoms with Crippen molar-refractivity contribution in [1.82, 2.24) is 0 Å². The van der Waals surface area contributed by atoms with Crippen LogP contribution in [0.1, 0.15) is 12.0 Å². The number of alkyl halides is 1. The van der Waals surface area contributed by atoms with E-state index in [1.165, 1.54) is 6.07 Å². The summed E-state index contributed by atoms with van der Waals surface area (Å²) in [7, 11) is 1.55. The Morgan fingerprint density at radius 1 is 1.26 bits per heavy atom. The molecule has 0 fully saturated rings. The molecule has 0 N–H and O–H groups in total. The zero-order valence-corrected chi connectivity index (χ0v) is 11.6. The fourth-order valence-electron chi connectivity index (χ4n) is 1.84. The molecule has 0 spiro atoms. The van der Waals surface area contributed by atoms with E-state index in [4.69, 9.17) is 25.5 Å². The molecule has 0 atom stereocenters. The van der Waals surface area contributed by atoms with E-state index in [-0.39, 0.29) is 5.63 Å². The molecule has 0 aliphatic heterocycles. The SMILES string of the molecule is COc1cc2oc(=O)cc(C)c2cc1OCCCCl. The van der Waals surface area contributed by atoms with Gasteiger partial charge in [-0.25, -0.2) is 4.79 Å². The fourth-order valence-corrected chi connectivity index (χ4v) is 1.94. The second-order valence-corrected chi connectivity index (χ2v) is 4.52. The fraction of sp³-hybridized carbons (Fsp3) is 0.357. The van der Waals surface area contributed by atoms with Gasteiger partial charge in [-0.05, 0) is 25.0 Å². The van der Waals surface area contributed by atoms with Crippen molar-refractivity contribution < 1.29 is 13.9 Å². The largest absolute Gasteiger partial charge is 0.493 e. The first-order valence-corrected chi connectivity index (χ1v) is 6.50. The van der Waals surface area contributed by atoms with E-state index in [2.05, 4.69) is 0 Å². The van der Waals surface area contributed by atoms with E-state index in [9.17, 15) is 4.79 Å². The number of hydrogen-bond acceptors (Lipinski definition) is 4. The van der Waals surface area contributed by atoms with Gasteiger partial charge in [0.15, 0.2) is 11.5 Å². The van der Waals surface area contributed by atoms with Gasteiger partial charge in [-0.15, -0.1) is 11.6 Å². The summed E-state index contributed by atoms with van der Waals surface area (Å²) in [6, 6.07) is 4.94. The molecule has 0 bridgehead atoms. The Labute approximate surface area is 115 Å². The second kappa shape index (κ2) is 5.97. The minimum absolute atomic E-state index is 0.372. The maximum absolute atomic E-state index is 11.3. The number of halogens is 1. The van der Waals surface area contributed by atoms with Crippen LogP contribution in [-0.4, -0.2) is 19.6 Å². The second-order valence-electron chi connectivity index (χ2n) is 4.14. The first-order valence-electron chi connectivity index (χ1n) is 5.97. The lowest BCUT2D eigenvalue weighted by Gasteiger charge is -2.11. The molecular formula is C14H15ClO4. The van der Waals surface area contributed by atoms with Crippen LogP contribution in [0.5, 0.6) is 11.5 Å².